The third-order valence-electron chi connectivity index (χ3n) is 3.01. The Hall–Kier alpha value is -0.860. The summed E-state index contributed by atoms with van der Waals surface area (Å²) in [4.78, 5) is 2.59. The minimum Gasteiger partial charge on any atom is -0.412 e. The predicted molar refractivity (Wildman–Crippen MR) is 64.1 cm³/mol. The van der Waals surface area contributed by atoms with Crippen LogP contribution in [-0.4, -0.2) is 30.0 Å². The highest BCUT2D eigenvalue weighted by Crippen LogP contribution is 2.09. The molecule has 0 amide bonds. The van der Waals surface area contributed by atoms with Gasteiger partial charge in [0.05, 0.1) is 0 Å². The summed E-state index contributed by atoms with van der Waals surface area (Å²) in [5.41, 5.74) is 1.47. The second kappa shape index (κ2) is 6.59. The lowest BCUT2D eigenvalue weighted by molar-refractivity contribution is 0.231. The van der Waals surface area contributed by atoms with E-state index in [-0.39, 0.29) is 5.48 Å². The van der Waals surface area contributed by atoms with Crippen LogP contribution in [0.2, 0.25) is 0 Å². The molecule has 0 bridgehead atoms. The zero-order valence-electron chi connectivity index (χ0n) is 9.28. The largest absolute Gasteiger partial charge is 0.412 e. The van der Waals surface area contributed by atoms with Gasteiger partial charge in [-0.3, -0.25) is 0 Å². The lowest BCUT2D eigenvalue weighted by Crippen LogP contribution is -2.31. The average molecular weight is 207 g/mol. The Bertz CT molecular complexity index is 254. The first-order valence-corrected chi connectivity index (χ1v) is 5.71. The molecule has 2 rings (SSSR count). The SMILES string of the molecule is O.c1ccc(CCN2CCCCC2)cc1. The van der Waals surface area contributed by atoms with Crippen molar-refractivity contribution in [3.8, 4) is 0 Å². The summed E-state index contributed by atoms with van der Waals surface area (Å²) in [6.07, 6.45) is 5.44. The molecule has 0 aliphatic carbocycles. The number of rotatable bonds is 3. The van der Waals surface area contributed by atoms with Crippen LogP contribution in [0.3, 0.4) is 0 Å². The Balaban J connectivity index is 0.00000112. The topological polar surface area (TPSA) is 34.7 Å². The molecule has 0 aromatic heterocycles. The maximum Gasteiger partial charge on any atom is 0.00218 e. The van der Waals surface area contributed by atoms with Crippen LogP contribution in [0.4, 0.5) is 0 Å². The highest BCUT2D eigenvalue weighted by Gasteiger charge is 2.08. The van der Waals surface area contributed by atoms with E-state index in [9.17, 15) is 0 Å². The minimum absolute atomic E-state index is 0. The molecule has 0 atom stereocenters. The van der Waals surface area contributed by atoms with Gasteiger partial charge >= 0.3 is 0 Å². The molecule has 0 spiro atoms. The van der Waals surface area contributed by atoms with Crippen molar-refractivity contribution in [2.45, 2.75) is 25.7 Å². The molecule has 0 saturated carbocycles. The molecule has 0 radical (unpaired) electrons. The first-order chi connectivity index (χ1) is 6.95. The van der Waals surface area contributed by atoms with E-state index in [1.165, 1.54) is 50.9 Å². The lowest BCUT2D eigenvalue weighted by Gasteiger charge is -2.26. The third-order valence-corrected chi connectivity index (χ3v) is 3.01. The van der Waals surface area contributed by atoms with Gasteiger partial charge in [0.25, 0.3) is 0 Å². The number of benzene rings is 1. The van der Waals surface area contributed by atoms with Crippen molar-refractivity contribution in [1.29, 1.82) is 0 Å². The Labute approximate surface area is 92.2 Å². The van der Waals surface area contributed by atoms with Crippen LogP contribution in [0.1, 0.15) is 24.8 Å². The molecule has 15 heavy (non-hydrogen) atoms. The summed E-state index contributed by atoms with van der Waals surface area (Å²) in [5, 5.41) is 0. The van der Waals surface area contributed by atoms with Gasteiger partial charge in [0.2, 0.25) is 0 Å². The summed E-state index contributed by atoms with van der Waals surface area (Å²) in [6, 6.07) is 10.8. The van der Waals surface area contributed by atoms with E-state index in [0.29, 0.717) is 0 Å². The Kier molecular flexibility index (Phi) is 5.37. The Morgan fingerprint density at radius 1 is 0.933 bits per heavy atom. The van der Waals surface area contributed by atoms with Gasteiger partial charge in [-0.1, -0.05) is 36.8 Å². The van der Waals surface area contributed by atoms with E-state index in [0.717, 1.165) is 0 Å². The van der Waals surface area contributed by atoms with E-state index >= 15 is 0 Å². The highest BCUT2D eigenvalue weighted by molar-refractivity contribution is 5.14. The minimum atomic E-state index is 0. The Morgan fingerprint density at radius 3 is 2.27 bits per heavy atom. The fraction of sp³-hybridized carbons (Fsp3) is 0.538. The zero-order valence-corrected chi connectivity index (χ0v) is 9.28. The second-order valence-corrected chi connectivity index (χ2v) is 4.14. The van der Waals surface area contributed by atoms with Crippen molar-refractivity contribution in [3.05, 3.63) is 35.9 Å². The predicted octanol–water partition coefficient (Wildman–Crippen LogP) is 1.89. The molecule has 1 aromatic rings. The summed E-state index contributed by atoms with van der Waals surface area (Å²) in [5.74, 6) is 0. The normalized spacial score (nSPS) is 17.1. The molecule has 1 heterocycles. The molecule has 2 nitrogen and oxygen atoms in total. The van der Waals surface area contributed by atoms with Crippen LogP contribution in [0.5, 0.6) is 0 Å². The van der Waals surface area contributed by atoms with Crippen molar-refractivity contribution in [2.75, 3.05) is 19.6 Å². The Morgan fingerprint density at radius 2 is 1.60 bits per heavy atom. The average Bonchev–Trinajstić information content (AvgIpc) is 2.29. The standard InChI is InChI=1S/C13H19N.H2O/c1-3-7-13(8-4-1)9-12-14-10-5-2-6-11-14;/h1,3-4,7-8H,2,5-6,9-12H2;1H2. The number of piperidine rings is 1. The fourth-order valence-corrected chi connectivity index (χ4v) is 2.11. The highest BCUT2D eigenvalue weighted by atomic mass is 16.0. The number of hydrogen-bond donors (Lipinski definition) is 0. The fourth-order valence-electron chi connectivity index (χ4n) is 2.11. The van der Waals surface area contributed by atoms with Crippen LogP contribution in [0, 0.1) is 0 Å². The van der Waals surface area contributed by atoms with Crippen molar-refractivity contribution in [2.24, 2.45) is 0 Å². The van der Waals surface area contributed by atoms with Crippen molar-refractivity contribution in [3.63, 3.8) is 0 Å². The molecule has 84 valence electrons. The zero-order chi connectivity index (χ0) is 9.64. The number of nitrogens with zero attached hydrogens (tertiary/aromatic N) is 1. The van der Waals surface area contributed by atoms with Crippen LogP contribution in [0.15, 0.2) is 30.3 Å². The quantitative estimate of drug-likeness (QED) is 0.745. The van der Waals surface area contributed by atoms with Gasteiger partial charge in [-0.2, -0.15) is 0 Å². The maximum atomic E-state index is 2.59. The summed E-state index contributed by atoms with van der Waals surface area (Å²) < 4.78 is 0. The van der Waals surface area contributed by atoms with E-state index in [1.807, 2.05) is 0 Å². The van der Waals surface area contributed by atoms with E-state index in [1.54, 1.807) is 0 Å². The second-order valence-electron chi connectivity index (χ2n) is 4.14. The van der Waals surface area contributed by atoms with Gasteiger partial charge in [0, 0.05) is 6.54 Å². The van der Waals surface area contributed by atoms with Crippen LogP contribution in [0.25, 0.3) is 0 Å². The molecular weight excluding hydrogens is 186 g/mol. The molecule has 1 fully saturated rings. The molecule has 2 N–H and O–H groups in total. The maximum absolute atomic E-state index is 2.59. The van der Waals surface area contributed by atoms with Crippen molar-refractivity contribution in [1.82, 2.24) is 4.90 Å². The van der Waals surface area contributed by atoms with Gasteiger partial charge in [-0.15, -0.1) is 0 Å². The monoisotopic (exact) mass is 207 g/mol. The van der Waals surface area contributed by atoms with Gasteiger partial charge in [-0.25, -0.2) is 0 Å². The van der Waals surface area contributed by atoms with Crippen LogP contribution in [-0.2, 0) is 6.42 Å². The molecule has 1 aromatic carbocycles. The van der Waals surface area contributed by atoms with Crippen molar-refractivity contribution < 1.29 is 5.48 Å². The summed E-state index contributed by atoms with van der Waals surface area (Å²) in [6.45, 7) is 3.86. The van der Waals surface area contributed by atoms with Gasteiger partial charge in [-0.05, 0) is 37.9 Å². The van der Waals surface area contributed by atoms with E-state index < -0.39 is 0 Å². The van der Waals surface area contributed by atoms with Gasteiger partial charge < -0.3 is 10.4 Å². The van der Waals surface area contributed by atoms with E-state index in [2.05, 4.69) is 35.2 Å². The lowest BCUT2D eigenvalue weighted by atomic mass is 10.1. The van der Waals surface area contributed by atoms with Crippen molar-refractivity contribution >= 4 is 0 Å². The van der Waals surface area contributed by atoms with Crippen LogP contribution < -0.4 is 0 Å². The third kappa shape index (κ3) is 4.02. The molecule has 1 aliphatic rings. The first-order valence-electron chi connectivity index (χ1n) is 5.71. The van der Waals surface area contributed by atoms with Gasteiger partial charge in [0.15, 0.2) is 0 Å². The summed E-state index contributed by atoms with van der Waals surface area (Å²) >= 11 is 0. The summed E-state index contributed by atoms with van der Waals surface area (Å²) in [7, 11) is 0. The molecule has 2 heteroatoms. The number of likely N-dealkylation sites (tertiary alicyclic amines) is 1. The molecule has 1 saturated heterocycles. The molecular formula is C13H21NO. The smallest absolute Gasteiger partial charge is 0.00218 e. The molecule has 1 aliphatic heterocycles. The van der Waals surface area contributed by atoms with E-state index in [4.69, 9.17) is 0 Å². The first kappa shape index (κ1) is 12.2. The van der Waals surface area contributed by atoms with Crippen LogP contribution >= 0.6 is 0 Å². The number of hydrogen-bond acceptors (Lipinski definition) is 1. The molecule has 0 unspecified atom stereocenters. The van der Waals surface area contributed by atoms with Gasteiger partial charge in [0.1, 0.15) is 0 Å².